The molecule has 4 rings (SSSR count). The van der Waals surface area contributed by atoms with E-state index in [1.807, 2.05) is 47.2 Å². The molecule has 3 aromatic rings. The minimum absolute atomic E-state index is 0.126. The molecule has 0 spiro atoms. The van der Waals surface area contributed by atoms with Gasteiger partial charge in [0, 0.05) is 32.7 Å². The molecule has 1 saturated heterocycles. The molecule has 1 atom stereocenters. The van der Waals surface area contributed by atoms with Crippen LogP contribution in [0.1, 0.15) is 23.0 Å². The fourth-order valence-electron chi connectivity index (χ4n) is 4.36. The summed E-state index contributed by atoms with van der Waals surface area (Å²) in [7, 11) is 4.96. The van der Waals surface area contributed by atoms with E-state index >= 15 is 0 Å². The summed E-state index contributed by atoms with van der Waals surface area (Å²) in [5.41, 5.74) is 2.15. The third-order valence-electron chi connectivity index (χ3n) is 6.18. The molecule has 1 aliphatic heterocycles. The number of methoxy groups -OCH3 is 3. The number of ether oxygens (including phenoxy) is 3. The van der Waals surface area contributed by atoms with E-state index in [-0.39, 0.29) is 6.04 Å². The van der Waals surface area contributed by atoms with E-state index < -0.39 is 0 Å². The van der Waals surface area contributed by atoms with E-state index in [1.165, 1.54) is 0 Å². The smallest absolute Gasteiger partial charge is 0.173 e. The topological polar surface area (TPSA) is 77.8 Å². The average Bonchev–Trinajstić information content (AvgIpc) is 3.33. The standard InChI is InChI=1S/C25H32N6O3/c1-5-12-29-13-15-30(16-14-29)24(20-8-11-22(33-3)23(17-20)34-4)25-26-27-28-31(25)18-19-6-9-21(32-2)10-7-19/h5-11,17,24H,1,12-16,18H2,2-4H3/t24-/m1/s1. The second-order valence-electron chi connectivity index (χ2n) is 8.19. The predicted molar refractivity (Wildman–Crippen MR) is 130 cm³/mol. The molecule has 180 valence electrons. The van der Waals surface area contributed by atoms with Gasteiger partial charge in [0.1, 0.15) is 5.75 Å². The van der Waals surface area contributed by atoms with Gasteiger partial charge in [0.05, 0.1) is 33.9 Å². The fourth-order valence-corrected chi connectivity index (χ4v) is 4.36. The second-order valence-corrected chi connectivity index (χ2v) is 8.19. The van der Waals surface area contributed by atoms with E-state index in [0.29, 0.717) is 18.0 Å². The second kappa shape index (κ2) is 11.1. The molecule has 9 nitrogen and oxygen atoms in total. The first-order chi connectivity index (χ1) is 16.7. The highest BCUT2D eigenvalue weighted by Crippen LogP contribution is 2.35. The molecule has 0 bridgehead atoms. The Morgan fingerprint density at radius 2 is 1.68 bits per heavy atom. The number of piperazine rings is 1. The highest BCUT2D eigenvalue weighted by molar-refractivity contribution is 5.45. The van der Waals surface area contributed by atoms with Crippen LogP contribution in [0.25, 0.3) is 0 Å². The van der Waals surface area contributed by atoms with Gasteiger partial charge < -0.3 is 14.2 Å². The quantitative estimate of drug-likeness (QED) is 0.424. The summed E-state index contributed by atoms with van der Waals surface area (Å²) < 4.78 is 18.2. The Morgan fingerprint density at radius 3 is 2.32 bits per heavy atom. The van der Waals surface area contributed by atoms with Crippen molar-refractivity contribution in [3.8, 4) is 17.2 Å². The van der Waals surface area contributed by atoms with E-state index in [9.17, 15) is 0 Å². The molecule has 0 saturated carbocycles. The molecule has 1 aromatic heterocycles. The fraction of sp³-hybridized carbons (Fsp3) is 0.400. The van der Waals surface area contributed by atoms with Crippen molar-refractivity contribution in [2.24, 2.45) is 0 Å². The number of rotatable bonds is 10. The molecular weight excluding hydrogens is 432 g/mol. The lowest BCUT2D eigenvalue weighted by molar-refractivity contribution is 0.112. The summed E-state index contributed by atoms with van der Waals surface area (Å²) in [6.45, 7) is 9.02. The van der Waals surface area contributed by atoms with Gasteiger partial charge in [-0.05, 0) is 45.8 Å². The molecule has 1 fully saturated rings. The number of nitrogens with zero attached hydrogens (tertiary/aromatic N) is 6. The van der Waals surface area contributed by atoms with Crippen molar-refractivity contribution in [2.45, 2.75) is 12.6 Å². The van der Waals surface area contributed by atoms with Gasteiger partial charge in [0.2, 0.25) is 0 Å². The maximum Gasteiger partial charge on any atom is 0.173 e. The minimum atomic E-state index is -0.126. The van der Waals surface area contributed by atoms with Crippen LogP contribution in [0.4, 0.5) is 0 Å². The monoisotopic (exact) mass is 464 g/mol. The summed E-state index contributed by atoms with van der Waals surface area (Å²) in [6.07, 6.45) is 1.96. The predicted octanol–water partition coefficient (Wildman–Crippen LogP) is 2.64. The van der Waals surface area contributed by atoms with E-state index in [0.717, 1.165) is 55.4 Å². The molecule has 0 N–H and O–H groups in total. The first kappa shape index (κ1) is 23.7. The highest BCUT2D eigenvalue weighted by atomic mass is 16.5. The van der Waals surface area contributed by atoms with E-state index in [2.05, 4.69) is 38.0 Å². The first-order valence-corrected chi connectivity index (χ1v) is 11.3. The Bertz CT molecular complexity index is 1080. The van der Waals surface area contributed by atoms with Crippen molar-refractivity contribution in [1.82, 2.24) is 30.0 Å². The molecule has 9 heteroatoms. The van der Waals surface area contributed by atoms with Gasteiger partial charge in [0.25, 0.3) is 0 Å². The third-order valence-corrected chi connectivity index (χ3v) is 6.18. The number of hydrogen-bond acceptors (Lipinski definition) is 8. The zero-order valence-electron chi connectivity index (χ0n) is 20.1. The van der Waals surface area contributed by atoms with Crippen LogP contribution in [0.15, 0.2) is 55.1 Å². The zero-order chi connectivity index (χ0) is 23.9. The number of benzene rings is 2. The van der Waals surface area contributed by atoms with Crippen LogP contribution in [0.5, 0.6) is 17.2 Å². The van der Waals surface area contributed by atoms with Crippen LogP contribution in [0, 0.1) is 0 Å². The number of hydrogen-bond donors (Lipinski definition) is 0. The molecule has 2 heterocycles. The van der Waals surface area contributed by atoms with Gasteiger partial charge in [-0.2, -0.15) is 0 Å². The molecule has 1 aliphatic rings. The van der Waals surface area contributed by atoms with Gasteiger partial charge in [-0.1, -0.05) is 24.3 Å². The number of tetrazole rings is 1. The van der Waals surface area contributed by atoms with Gasteiger partial charge in [-0.3, -0.25) is 9.80 Å². The molecule has 0 amide bonds. The van der Waals surface area contributed by atoms with Gasteiger partial charge in [0.15, 0.2) is 17.3 Å². The molecular formula is C25H32N6O3. The van der Waals surface area contributed by atoms with Crippen molar-refractivity contribution >= 4 is 0 Å². The SMILES string of the molecule is C=CCN1CCN([C@H](c2ccc(OC)c(OC)c2)c2nnnn2Cc2ccc(OC)cc2)CC1. The summed E-state index contributed by atoms with van der Waals surface area (Å²) >= 11 is 0. The lowest BCUT2D eigenvalue weighted by Gasteiger charge is -2.38. The van der Waals surface area contributed by atoms with Crippen molar-refractivity contribution in [2.75, 3.05) is 54.1 Å². The van der Waals surface area contributed by atoms with Crippen LogP contribution in [-0.4, -0.2) is 84.1 Å². The zero-order valence-corrected chi connectivity index (χ0v) is 20.1. The molecule has 2 aromatic carbocycles. The molecule has 0 radical (unpaired) electrons. The van der Waals surface area contributed by atoms with Gasteiger partial charge in [-0.15, -0.1) is 11.7 Å². The van der Waals surface area contributed by atoms with Crippen LogP contribution in [-0.2, 0) is 6.54 Å². The first-order valence-electron chi connectivity index (χ1n) is 11.3. The third kappa shape index (κ3) is 5.21. The van der Waals surface area contributed by atoms with Gasteiger partial charge in [-0.25, -0.2) is 4.68 Å². The molecule has 0 unspecified atom stereocenters. The maximum atomic E-state index is 5.60. The number of aromatic nitrogens is 4. The molecule has 0 aliphatic carbocycles. The maximum absolute atomic E-state index is 5.60. The van der Waals surface area contributed by atoms with Gasteiger partial charge >= 0.3 is 0 Å². The van der Waals surface area contributed by atoms with Crippen LogP contribution in [0.3, 0.4) is 0 Å². The Hall–Kier alpha value is -3.43. The Labute approximate surface area is 200 Å². The summed E-state index contributed by atoms with van der Waals surface area (Å²) in [6, 6.07) is 13.9. The van der Waals surface area contributed by atoms with Crippen LogP contribution < -0.4 is 14.2 Å². The largest absolute Gasteiger partial charge is 0.497 e. The Kier molecular flexibility index (Phi) is 7.76. The summed E-state index contributed by atoms with van der Waals surface area (Å²) in [4.78, 5) is 4.83. The Morgan fingerprint density at radius 1 is 0.941 bits per heavy atom. The van der Waals surface area contributed by atoms with E-state index in [1.54, 1.807) is 21.3 Å². The van der Waals surface area contributed by atoms with Crippen molar-refractivity contribution in [3.63, 3.8) is 0 Å². The van der Waals surface area contributed by atoms with Crippen molar-refractivity contribution in [3.05, 3.63) is 72.1 Å². The van der Waals surface area contributed by atoms with E-state index in [4.69, 9.17) is 14.2 Å². The Balaban J connectivity index is 1.68. The lowest BCUT2D eigenvalue weighted by Crippen LogP contribution is -2.48. The summed E-state index contributed by atoms with van der Waals surface area (Å²) in [5, 5.41) is 12.9. The molecule has 34 heavy (non-hydrogen) atoms. The van der Waals surface area contributed by atoms with Crippen LogP contribution in [0.2, 0.25) is 0 Å². The minimum Gasteiger partial charge on any atom is -0.497 e. The summed E-state index contributed by atoms with van der Waals surface area (Å²) in [5.74, 6) is 2.99. The average molecular weight is 465 g/mol. The normalized spacial score (nSPS) is 15.6. The van der Waals surface area contributed by atoms with Crippen LogP contribution >= 0.6 is 0 Å². The van der Waals surface area contributed by atoms with Crippen molar-refractivity contribution < 1.29 is 14.2 Å². The lowest BCUT2D eigenvalue weighted by atomic mass is 10.0. The van der Waals surface area contributed by atoms with Crippen molar-refractivity contribution in [1.29, 1.82) is 0 Å². The highest BCUT2D eigenvalue weighted by Gasteiger charge is 2.31.